The third-order valence-electron chi connectivity index (χ3n) is 4.22. The maximum absolute atomic E-state index is 12.3. The zero-order chi connectivity index (χ0) is 28.1. The first kappa shape index (κ1) is 45.8. The summed E-state index contributed by atoms with van der Waals surface area (Å²) in [6.45, 7) is 16.4. The van der Waals surface area contributed by atoms with Gasteiger partial charge in [-0.2, -0.15) is 12.6 Å². The maximum Gasteiger partial charge on any atom is 0.474 e. The molecule has 0 amide bonds. The Balaban J connectivity index is -0.000000337. The zero-order valence-corrected chi connectivity index (χ0v) is 28.2. The zero-order valence-electron chi connectivity index (χ0n) is 24.8. The van der Waals surface area contributed by atoms with Crippen molar-refractivity contribution in [2.75, 3.05) is 37.5 Å². The molecule has 0 saturated carbocycles. The quantitative estimate of drug-likeness (QED) is 0.0552. The Kier molecular flexibility index (Phi) is 62.8. The van der Waals surface area contributed by atoms with Gasteiger partial charge in [-0.3, -0.25) is 13.6 Å². The summed E-state index contributed by atoms with van der Waals surface area (Å²) in [6.07, 6.45) is 16.4. The summed E-state index contributed by atoms with van der Waals surface area (Å²) in [7, 11) is -3.53. The van der Waals surface area contributed by atoms with Crippen LogP contribution in [0.15, 0.2) is 0 Å². The van der Waals surface area contributed by atoms with Crippen LogP contribution in [0.4, 0.5) is 0 Å². The largest absolute Gasteiger partial charge is 0.474 e. The van der Waals surface area contributed by atoms with Crippen LogP contribution in [0.25, 0.3) is 0 Å². The number of phosphoric ester groups is 1. The Hall–Kier alpha value is 0.900. The first-order chi connectivity index (χ1) is 17.2. The Morgan fingerprint density at radius 3 is 1.23 bits per heavy atom. The summed E-state index contributed by atoms with van der Waals surface area (Å²) in [5.74, 6) is 1.02. The van der Waals surface area contributed by atoms with Crippen LogP contribution in [0.1, 0.15) is 139 Å². The molecule has 1 atom stereocenters. The third kappa shape index (κ3) is 45.2. The fourth-order valence-corrected chi connectivity index (χ4v) is 4.58. The minimum absolute atomic E-state index is 0.0464. The molecule has 0 aliphatic rings. The van der Waals surface area contributed by atoms with E-state index in [0.717, 1.165) is 18.6 Å². The van der Waals surface area contributed by atoms with Gasteiger partial charge in [-0.1, -0.05) is 142 Å². The second-order valence-electron chi connectivity index (χ2n) is 6.68. The van der Waals surface area contributed by atoms with E-state index < -0.39 is 7.82 Å². The number of unbranched alkanes of at least 4 members (excludes halogenated alkanes) is 12. The number of phosphoric acid groups is 1. The molecule has 0 saturated heterocycles. The fraction of sp³-hybridized carbons (Fsp3) is 1.00. The van der Waals surface area contributed by atoms with Crippen LogP contribution in [0.5, 0.6) is 0 Å². The molecule has 8 heteroatoms. The van der Waals surface area contributed by atoms with E-state index in [1.807, 2.05) is 55.4 Å². The summed E-state index contributed by atoms with van der Waals surface area (Å²) in [5, 5.41) is 9.34. The summed E-state index contributed by atoms with van der Waals surface area (Å²) < 4.78 is 27.8. The van der Waals surface area contributed by atoms with Gasteiger partial charge in [-0.05, 0) is 18.6 Å². The molecule has 0 heterocycles. The Morgan fingerprint density at radius 2 is 0.886 bits per heavy atom. The normalized spacial score (nSPS) is 11.3. The Labute approximate surface area is 235 Å². The van der Waals surface area contributed by atoms with E-state index in [9.17, 15) is 4.57 Å². The molecule has 0 fully saturated rings. The van der Waals surface area contributed by atoms with E-state index in [1.54, 1.807) is 0 Å². The minimum Gasteiger partial charge on any atom is -0.394 e. The van der Waals surface area contributed by atoms with Gasteiger partial charge in [0.05, 0.1) is 26.4 Å². The minimum atomic E-state index is -3.53. The number of alkyl halides is 1. The predicted octanol–water partition coefficient (Wildman–Crippen LogP) is 10.6. The molecule has 0 aromatic heterocycles. The van der Waals surface area contributed by atoms with Crippen molar-refractivity contribution in [2.24, 2.45) is 0 Å². The van der Waals surface area contributed by atoms with Crippen molar-refractivity contribution in [1.29, 1.82) is 0 Å². The van der Waals surface area contributed by atoms with Crippen molar-refractivity contribution >= 4 is 36.4 Å². The molecule has 0 radical (unpaired) electrons. The molecular formula is C27H64BrO5PS. The summed E-state index contributed by atoms with van der Waals surface area (Å²) in [4.78, 5) is 0. The van der Waals surface area contributed by atoms with Crippen molar-refractivity contribution in [1.82, 2.24) is 0 Å². The molecule has 0 aromatic carbocycles. The standard InChI is InChI=1S/C19H40BrO5PS.4C2H6/c20-14-17-24-26(22,25-18-15-21)23-16-12-10-8-6-4-2-1-3-5-7-9-11-13-19-27;4*1-2/h21,27H,1-19H2;4*1-2H3. The lowest BCUT2D eigenvalue weighted by Crippen LogP contribution is -2.06. The second-order valence-corrected chi connectivity index (χ2v) is 9.59. The number of rotatable bonds is 22. The van der Waals surface area contributed by atoms with Crippen molar-refractivity contribution in [3.8, 4) is 0 Å². The van der Waals surface area contributed by atoms with Gasteiger partial charge in [0.2, 0.25) is 0 Å². The highest BCUT2D eigenvalue weighted by atomic mass is 79.9. The van der Waals surface area contributed by atoms with E-state index in [-0.39, 0.29) is 19.8 Å². The van der Waals surface area contributed by atoms with Crippen molar-refractivity contribution in [3.05, 3.63) is 0 Å². The molecule has 0 aromatic rings. The topological polar surface area (TPSA) is 65.0 Å². The molecule has 0 aliphatic heterocycles. The number of hydrogen-bond donors (Lipinski definition) is 2. The summed E-state index contributed by atoms with van der Waals surface area (Å²) >= 11 is 7.45. The third-order valence-corrected chi connectivity index (χ3v) is 6.36. The molecule has 5 nitrogen and oxygen atoms in total. The monoisotopic (exact) mass is 610 g/mol. The smallest absolute Gasteiger partial charge is 0.394 e. The molecule has 0 aliphatic carbocycles. The van der Waals surface area contributed by atoms with E-state index in [0.29, 0.717) is 11.9 Å². The second kappa shape index (κ2) is 48.0. The van der Waals surface area contributed by atoms with Gasteiger partial charge in [-0.25, -0.2) is 4.57 Å². The van der Waals surface area contributed by atoms with E-state index >= 15 is 0 Å². The molecule has 220 valence electrons. The molecule has 0 bridgehead atoms. The van der Waals surface area contributed by atoms with Gasteiger partial charge in [0.15, 0.2) is 0 Å². The fourth-order valence-electron chi connectivity index (χ4n) is 2.75. The molecule has 1 N–H and O–H groups in total. The highest BCUT2D eigenvalue weighted by Crippen LogP contribution is 2.49. The average molecular weight is 612 g/mol. The van der Waals surface area contributed by atoms with Crippen LogP contribution < -0.4 is 0 Å². The number of thiol groups is 1. The van der Waals surface area contributed by atoms with Gasteiger partial charge in [0, 0.05) is 5.33 Å². The molecule has 1 unspecified atom stereocenters. The lowest BCUT2D eigenvalue weighted by atomic mass is 10.0. The molecular weight excluding hydrogens is 547 g/mol. The Bertz CT molecular complexity index is 342. The number of halogens is 1. The molecule has 0 rings (SSSR count). The summed E-state index contributed by atoms with van der Waals surface area (Å²) in [6, 6.07) is 0. The Morgan fingerprint density at radius 1 is 0.571 bits per heavy atom. The van der Waals surface area contributed by atoms with Gasteiger partial charge in [0.25, 0.3) is 0 Å². The van der Waals surface area contributed by atoms with Crippen LogP contribution in [0, 0.1) is 0 Å². The van der Waals surface area contributed by atoms with Crippen molar-refractivity contribution in [2.45, 2.75) is 139 Å². The van der Waals surface area contributed by atoms with Crippen LogP contribution in [0.3, 0.4) is 0 Å². The predicted molar refractivity (Wildman–Crippen MR) is 166 cm³/mol. The first-order valence-corrected chi connectivity index (χ1v) is 17.7. The number of aliphatic hydroxyl groups excluding tert-OH is 1. The molecule has 35 heavy (non-hydrogen) atoms. The van der Waals surface area contributed by atoms with Crippen LogP contribution in [0.2, 0.25) is 0 Å². The van der Waals surface area contributed by atoms with E-state index in [2.05, 4.69) is 28.6 Å². The number of aliphatic hydroxyl groups is 1. The molecule has 0 spiro atoms. The van der Waals surface area contributed by atoms with E-state index in [4.69, 9.17) is 18.7 Å². The van der Waals surface area contributed by atoms with Gasteiger partial charge in [0.1, 0.15) is 0 Å². The first-order valence-electron chi connectivity index (χ1n) is 14.5. The average Bonchev–Trinajstić information content (AvgIpc) is 2.93. The van der Waals surface area contributed by atoms with Crippen LogP contribution in [-0.4, -0.2) is 42.6 Å². The highest BCUT2D eigenvalue weighted by Gasteiger charge is 2.25. The number of hydrogen-bond acceptors (Lipinski definition) is 6. The maximum atomic E-state index is 12.3. The van der Waals surface area contributed by atoms with Gasteiger partial charge < -0.3 is 5.11 Å². The van der Waals surface area contributed by atoms with E-state index in [1.165, 1.54) is 70.6 Å². The van der Waals surface area contributed by atoms with Crippen molar-refractivity contribution < 1.29 is 23.2 Å². The van der Waals surface area contributed by atoms with Gasteiger partial charge >= 0.3 is 7.82 Å². The highest BCUT2D eigenvalue weighted by molar-refractivity contribution is 9.09. The lowest BCUT2D eigenvalue weighted by Gasteiger charge is -2.17. The van der Waals surface area contributed by atoms with Crippen LogP contribution >= 0.6 is 36.4 Å². The SMILES string of the molecule is CC.CC.CC.CC.O=P(OCCO)(OCCBr)OCCCCCCCCCCCCCCCS. The summed E-state index contributed by atoms with van der Waals surface area (Å²) in [5.41, 5.74) is 0. The van der Waals surface area contributed by atoms with Crippen molar-refractivity contribution in [3.63, 3.8) is 0 Å². The van der Waals surface area contributed by atoms with Gasteiger partial charge in [-0.15, -0.1) is 0 Å². The lowest BCUT2D eigenvalue weighted by molar-refractivity contribution is 0.0986. The van der Waals surface area contributed by atoms with Crippen LogP contribution in [-0.2, 0) is 18.1 Å².